The Morgan fingerprint density at radius 1 is 0.980 bits per heavy atom. The van der Waals surface area contributed by atoms with Gasteiger partial charge in [0.05, 0.1) is 35.0 Å². The maximum atomic E-state index is 14.5. The Morgan fingerprint density at radius 3 is 2.43 bits per heavy atom. The lowest BCUT2D eigenvalue weighted by Gasteiger charge is -2.35. The lowest BCUT2D eigenvalue weighted by Crippen LogP contribution is -2.45. The molecule has 2 aromatic carbocycles. The second kappa shape index (κ2) is 13.8. The number of benzene rings is 2. The van der Waals surface area contributed by atoms with Gasteiger partial charge in [-0.25, -0.2) is 23.1 Å². The lowest BCUT2D eigenvalue weighted by molar-refractivity contribution is 0.0509. The predicted octanol–water partition coefficient (Wildman–Crippen LogP) is 6.02. The van der Waals surface area contributed by atoms with Gasteiger partial charge in [-0.1, -0.05) is 51.1 Å². The fourth-order valence-electron chi connectivity index (χ4n) is 6.58. The van der Waals surface area contributed by atoms with Gasteiger partial charge in [-0.05, 0) is 73.6 Å². The van der Waals surface area contributed by atoms with E-state index in [9.17, 15) is 13.2 Å². The van der Waals surface area contributed by atoms with Crippen LogP contribution in [0, 0.1) is 19.3 Å². The molecule has 1 fully saturated rings. The first-order valence-electron chi connectivity index (χ1n) is 16.6. The van der Waals surface area contributed by atoms with Crippen molar-refractivity contribution in [1.82, 2.24) is 19.9 Å². The van der Waals surface area contributed by atoms with Crippen molar-refractivity contribution in [1.29, 1.82) is 0 Å². The van der Waals surface area contributed by atoms with Crippen molar-refractivity contribution in [2.75, 3.05) is 36.4 Å². The number of sulfonamides is 1. The minimum atomic E-state index is -4.17. The summed E-state index contributed by atoms with van der Waals surface area (Å²) in [6.45, 7) is 12.2. The molecule has 258 valence electrons. The number of hydrogen-bond donors (Lipinski definition) is 1. The molecule has 4 bridgehead atoms. The smallest absolute Gasteiger partial charge is 0.264 e. The minimum absolute atomic E-state index is 0.0738. The van der Waals surface area contributed by atoms with Crippen LogP contribution >= 0.6 is 0 Å². The van der Waals surface area contributed by atoms with E-state index in [2.05, 4.69) is 40.4 Å². The van der Waals surface area contributed by atoms with Crippen LogP contribution in [0.3, 0.4) is 0 Å². The van der Waals surface area contributed by atoms with E-state index >= 15 is 0 Å². The topological polar surface area (TPSA) is 127 Å². The normalized spacial score (nSPS) is 19.3. The number of nitrogens with zero attached hydrogens (tertiary/aromatic N) is 5. The first kappa shape index (κ1) is 34.3. The molecule has 6 rings (SSSR count). The highest BCUT2D eigenvalue weighted by molar-refractivity contribution is 7.92. The fraction of sp³-hybridized carbons (Fsp3) is 0.405. The van der Waals surface area contributed by atoms with Crippen molar-refractivity contribution in [2.45, 2.75) is 71.0 Å². The average molecular weight is 685 g/mol. The van der Waals surface area contributed by atoms with Crippen molar-refractivity contribution in [3.05, 3.63) is 89.1 Å². The van der Waals surface area contributed by atoms with Crippen LogP contribution < -0.4 is 14.4 Å². The first-order valence-corrected chi connectivity index (χ1v) is 18.0. The Balaban J connectivity index is 1.45. The number of nitrogens with one attached hydrogen (secondary N) is 1. The van der Waals surface area contributed by atoms with Gasteiger partial charge in [0.1, 0.15) is 12.4 Å². The zero-order valence-corrected chi connectivity index (χ0v) is 29.8. The summed E-state index contributed by atoms with van der Waals surface area (Å²) in [5.74, 6) is 0.583. The number of carbonyl (C=O) groups is 1. The zero-order chi connectivity index (χ0) is 34.9. The molecule has 2 aliphatic rings. The molecule has 0 saturated carbocycles. The third kappa shape index (κ3) is 7.86. The number of carbonyl (C=O) groups excluding carboxylic acids is 1. The highest BCUT2D eigenvalue weighted by atomic mass is 32.2. The number of rotatable bonds is 6. The van der Waals surface area contributed by atoms with Gasteiger partial charge in [0.25, 0.3) is 15.9 Å². The van der Waals surface area contributed by atoms with Gasteiger partial charge in [0, 0.05) is 37.4 Å². The summed E-state index contributed by atoms with van der Waals surface area (Å²) in [5, 5.41) is 0. The van der Waals surface area contributed by atoms with Crippen molar-refractivity contribution in [3.63, 3.8) is 0 Å². The highest BCUT2D eigenvalue weighted by Gasteiger charge is 2.32. The average Bonchev–Trinajstić information content (AvgIpc) is 3.54. The maximum absolute atomic E-state index is 14.5. The molecule has 0 spiro atoms. The van der Waals surface area contributed by atoms with Crippen LogP contribution in [0.25, 0.3) is 11.3 Å². The van der Waals surface area contributed by atoms with Crippen molar-refractivity contribution >= 4 is 27.7 Å². The lowest BCUT2D eigenvalue weighted by atomic mass is 9.87. The maximum Gasteiger partial charge on any atom is 0.264 e. The van der Waals surface area contributed by atoms with Gasteiger partial charge in [0.2, 0.25) is 11.8 Å². The number of aromatic nitrogens is 3. The second-order valence-corrected chi connectivity index (χ2v) is 15.7. The SMILES string of the molecule is CO[C@@H]1CCN(c2cccc(CN3C(=O)c4cccc(c4)S(=O)(=O)Nc4nc(cc(-c5c(C)cccc5C)n4)OC[C@H]3CC(C)(C)C)n2)C1. The Bertz CT molecular complexity index is 1940. The number of amides is 1. The quantitative estimate of drug-likeness (QED) is 0.259. The van der Waals surface area contributed by atoms with Crippen molar-refractivity contribution in [3.8, 4) is 17.1 Å². The summed E-state index contributed by atoms with van der Waals surface area (Å²) in [7, 11) is -2.45. The molecule has 0 aliphatic carbocycles. The van der Waals surface area contributed by atoms with E-state index in [0.717, 1.165) is 42.0 Å². The molecule has 1 saturated heterocycles. The summed E-state index contributed by atoms with van der Waals surface area (Å²) in [4.78, 5) is 32.5. The number of methoxy groups -OCH3 is 1. The second-order valence-electron chi connectivity index (χ2n) is 14.1. The highest BCUT2D eigenvalue weighted by Crippen LogP contribution is 2.32. The van der Waals surface area contributed by atoms with E-state index in [4.69, 9.17) is 14.5 Å². The summed E-state index contributed by atoms with van der Waals surface area (Å²) < 4.78 is 41.9. The molecule has 1 N–H and O–H groups in total. The largest absolute Gasteiger partial charge is 0.475 e. The number of hydrogen-bond acceptors (Lipinski definition) is 9. The van der Waals surface area contributed by atoms with Crippen LogP contribution in [-0.4, -0.2) is 73.1 Å². The summed E-state index contributed by atoms with van der Waals surface area (Å²) in [6, 6.07) is 19.1. The van der Waals surface area contributed by atoms with Gasteiger partial charge in [0.15, 0.2) is 0 Å². The van der Waals surface area contributed by atoms with E-state index in [1.165, 1.54) is 12.1 Å². The standard InChI is InChI=1S/C37H44N6O5S/c1-24-10-7-11-25(2)34(24)31-19-33-40-36(39-31)41-49(45,46)30-14-8-12-26(18-30)35(44)43(28(23-48-33)20-37(3,4)5)21-27-13-9-15-32(38-27)42-17-16-29(22-42)47-6/h7-15,18-19,28-29H,16-17,20-23H2,1-6H3,(H,39,40,41)/t28-,29-/m1/s1. The van der Waals surface area contributed by atoms with Crippen LogP contribution in [0.15, 0.2) is 71.6 Å². The molecule has 12 heteroatoms. The van der Waals surface area contributed by atoms with Crippen LogP contribution in [0.5, 0.6) is 5.88 Å². The van der Waals surface area contributed by atoms with Gasteiger partial charge < -0.3 is 19.3 Å². The van der Waals surface area contributed by atoms with Crippen LogP contribution in [0.1, 0.15) is 60.8 Å². The van der Waals surface area contributed by atoms with Gasteiger partial charge in [-0.15, -0.1) is 0 Å². The zero-order valence-electron chi connectivity index (χ0n) is 28.9. The summed E-state index contributed by atoms with van der Waals surface area (Å²) in [6.07, 6.45) is 1.66. The first-order chi connectivity index (χ1) is 23.3. The number of fused-ring (bicyclic) bond motifs is 4. The molecular formula is C37H44N6O5S. The van der Waals surface area contributed by atoms with E-state index in [1.807, 2.05) is 50.2 Å². The predicted molar refractivity (Wildman–Crippen MR) is 189 cm³/mol. The van der Waals surface area contributed by atoms with Gasteiger partial charge in [-0.3, -0.25) is 4.79 Å². The van der Waals surface area contributed by atoms with Crippen LogP contribution in [0.4, 0.5) is 11.8 Å². The molecule has 11 nitrogen and oxygen atoms in total. The monoisotopic (exact) mass is 684 g/mol. The molecule has 49 heavy (non-hydrogen) atoms. The Kier molecular flexibility index (Phi) is 9.63. The Labute approximate surface area is 288 Å². The van der Waals surface area contributed by atoms with Crippen molar-refractivity contribution < 1.29 is 22.7 Å². The van der Waals surface area contributed by atoms with Gasteiger partial charge in [-0.2, -0.15) is 4.98 Å². The Morgan fingerprint density at radius 2 is 1.71 bits per heavy atom. The third-order valence-corrected chi connectivity index (χ3v) is 10.3. The molecule has 4 aromatic rings. The molecule has 2 aliphatic heterocycles. The number of aryl methyl sites for hydroxylation is 2. The van der Waals surface area contributed by atoms with E-state index < -0.39 is 16.1 Å². The van der Waals surface area contributed by atoms with Crippen LogP contribution in [-0.2, 0) is 21.3 Å². The summed E-state index contributed by atoms with van der Waals surface area (Å²) >= 11 is 0. The number of pyridine rings is 1. The van der Waals surface area contributed by atoms with Crippen LogP contribution in [0.2, 0.25) is 0 Å². The number of anilines is 2. The van der Waals surface area contributed by atoms with Gasteiger partial charge >= 0.3 is 0 Å². The van der Waals surface area contributed by atoms with E-state index in [-0.39, 0.29) is 52.9 Å². The third-order valence-electron chi connectivity index (χ3n) is 8.96. The van der Waals surface area contributed by atoms with Crippen molar-refractivity contribution in [2.24, 2.45) is 5.41 Å². The molecule has 2 aromatic heterocycles. The summed E-state index contributed by atoms with van der Waals surface area (Å²) in [5.41, 5.74) is 4.12. The minimum Gasteiger partial charge on any atom is -0.475 e. The van der Waals surface area contributed by atoms with E-state index in [1.54, 1.807) is 30.2 Å². The number of ether oxygens (including phenoxy) is 2. The molecule has 2 atom stereocenters. The fourth-order valence-corrected chi connectivity index (χ4v) is 7.57. The molecule has 0 radical (unpaired) electrons. The van der Waals surface area contributed by atoms with E-state index in [0.29, 0.717) is 17.8 Å². The Hall–Kier alpha value is -4.55. The molecule has 4 heterocycles. The molecule has 1 amide bonds. The molecular weight excluding hydrogens is 641 g/mol. The molecule has 0 unspecified atom stereocenters.